The maximum Gasteiger partial charge on any atom is 0.251 e. The Kier molecular flexibility index (Phi) is 7.26. The van der Waals surface area contributed by atoms with Crippen LogP contribution >= 0.6 is 0 Å². The summed E-state index contributed by atoms with van der Waals surface area (Å²) in [5, 5.41) is 13.1. The van der Waals surface area contributed by atoms with E-state index in [4.69, 9.17) is 0 Å². The van der Waals surface area contributed by atoms with Gasteiger partial charge in [0.05, 0.1) is 0 Å². The van der Waals surface area contributed by atoms with E-state index in [0.717, 1.165) is 13.0 Å². The molecule has 0 aromatic rings. The number of allylic oxidation sites excluding steroid dienone is 4. The molecule has 1 rings (SSSR count). The summed E-state index contributed by atoms with van der Waals surface area (Å²) in [5.74, 6) is -0.765. The lowest BCUT2D eigenvalue weighted by molar-refractivity contribution is -0.138. The molecule has 0 radical (unpaired) electrons. The molecule has 1 amide bonds. The van der Waals surface area contributed by atoms with Gasteiger partial charge in [-0.05, 0) is 67.6 Å². The number of carbonyl (C=O) groups excluding carboxylic acids is 3. The van der Waals surface area contributed by atoms with E-state index in [2.05, 4.69) is 5.32 Å². The lowest BCUT2D eigenvalue weighted by Crippen LogP contribution is -2.45. The van der Waals surface area contributed by atoms with Gasteiger partial charge in [0.25, 0.3) is 5.91 Å². The third kappa shape index (κ3) is 5.34. The molecule has 1 aliphatic carbocycles. The average Bonchev–Trinajstić information content (AvgIpc) is 2.54. The molecule has 0 aromatic heterocycles. The summed E-state index contributed by atoms with van der Waals surface area (Å²) in [4.78, 5) is 38.8. The number of hydrogen-bond donors (Lipinski definition) is 2. The molecule has 1 unspecified atom stereocenters. The van der Waals surface area contributed by atoms with E-state index < -0.39 is 11.5 Å². The van der Waals surface area contributed by atoms with Gasteiger partial charge in [0.2, 0.25) is 0 Å². The fraction of sp³-hybridized carbons (Fsp3) is 0.632. The van der Waals surface area contributed by atoms with Gasteiger partial charge in [0, 0.05) is 28.8 Å². The number of nitrogens with one attached hydrogen (secondary N) is 1. The average molecular weight is 350 g/mol. The van der Waals surface area contributed by atoms with E-state index >= 15 is 0 Å². The van der Waals surface area contributed by atoms with Crippen LogP contribution in [0.15, 0.2) is 22.3 Å². The van der Waals surface area contributed by atoms with Gasteiger partial charge < -0.3 is 15.3 Å². The van der Waals surface area contributed by atoms with Crippen molar-refractivity contribution in [1.82, 2.24) is 10.2 Å². The number of nitrogens with zero attached hydrogens (tertiary/aromatic N) is 1. The normalized spacial score (nSPS) is 18.1. The van der Waals surface area contributed by atoms with Crippen molar-refractivity contribution in [1.29, 1.82) is 0 Å². The lowest BCUT2D eigenvalue weighted by Gasteiger charge is -2.25. The predicted molar refractivity (Wildman–Crippen MR) is 97.1 cm³/mol. The molecular formula is C19H30N2O4. The molecule has 0 spiro atoms. The first-order valence-corrected chi connectivity index (χ1v) is 8.61. The molecule has 1 aliphatic rings. The van der Waals surface area contributed by atoms with Crippen molar-refractivity contribution in [3.8, 4) is 0 Å². The highest BCUT2D eigenvalue weighted by molar-refractivity contribution is 6.24. The van der Waals surface area contributed by atoms with Gasteiger partial charge in [-0.25, -0.2) is 0 Å². The van der Waals surface area contributed by atoms with E-state index in [1.807, 2.05) is 19.0 Å². The molecule has 140 valence electrons. The van der Waals surface area contributed by atoms with Crippen LogP contribution in [0.3, 0.4) is 0 Å². The zero-order chi connectivity index (χ0) is 19.4. The smallest absolute Gasteiger partial charge is 0.251 e. The van der Waals surface area contributed by atoms with Crippen LogP contribution in [0.2, 0.25) is 0 Å². The Bertz CT molecular complexity index is 627. The van der Waals surface area contributed by atoms with E-state index in [9.17, 15) is 19.5 Å². The third-order valence-electron chi connectivity index (χ3n) is 4.73. The number of aliphatic hydroxyl groups is 1. The van der Waals surface area contributed by atoms with Gasteiger partial charge >= 0.3 is 0 Å². The van der Waals surface area contributed by atoms with Gasteiger partial charge in [-0.2, -0.15) is 0 Å². The highest BCUT2D eigenvalue weighted by Crippen LogP contribution is 2.28. The van der Waals surface area contributed by atoms with Gasteiger partial charge in [0.1, 0.15) is 5.60 Å². The minimum atomic E-state index is -1.58. The molecule has 0 aromatic carbocycles. The Hall–Kier alpha value is -1.79. The Morgan fingerprint density at radius 1 is 1.08 bits per heavy atom. The number of ketones is 2. The summed E-state index contributed by atoms with van der Waals surface area (Å²) in [6, 6.07) is 0. The zero-order valence-corrected chi connectivity index (χ0v) is 16.2. The highest BCUT2D eigenvalue weighted by atomic mass is 16.3. The standard InChI is InChI=1S/C19H30N2O4/c1-12-13(2)17(23)15(14(3)16(12)22)8-9-19(4,25)18(24)20-10-7-11-21(5)6/h25H,7-11H2,1-6H3,(H,20,24). The Balaban J connectivity index is 2.67. The summed E-state index contributed by atoms with van der Waals surface area (Å²) >= 11 is 0. The second-order valence-electron chi connectivity index (χ2n) is 7.20. The summed E-state index contributed by atoms with van der Waals surface area (Å²) < 4.78 is 0. The first kappa shape index (κ1) is 21.3. The van der Waals surface area contributed by atoms with Crippen molar-refractivity contribution in [2.45, 2.75) is 52.6 Å². The maximum atomic E-state index is 12.4. The molecule has 0 heterocycles. The van der Waals surface area contributed by atoms with E-state index in [-0.39, 0.29) is 24.4 Å². The maximum absolute atomic E-state index is 12.4. The molecule has 6 heteroatoms. The van der Waals surface area contributed by atoms with Crippen LogP contribution in [0.5, 0.6) is 0 Å². The fourth-order valence-corrected chi connectivity index (χ4v) is 2.73. The Labute approximate surface area is 150 Å². The van der Waals surface area contributed by atoms with Crippen LogP contribution in [0.25, 0.3) is 0 Å². The van der Waals surface area contributed by atoms with E-state index in [1.54, 1.807) is 20.8 Å². The molecular weight excluding hydrogens is 320 g/mol. The first-order valence-electron chi connectivity index (χ1n) is 8.61. The molecule has 1 atom stereocenters. The van der Waals surface area contributed by atoms with Crippen molar-refractivity contribution in [3.05, 3.63) is 22.3 Å². The number of carbonyl (C=O) groups is 3. The summed E-state index contributed by atoms with van der Waals surface area (Å²) in [5.41, 5.74) is 0.137. The Morgan fingerprint density at radius 2 is 1.64 bits per heavy atom. The molecule has 0 bridgehead atoms. The van der Waals surface area contributed by atoms with Crippen LogP contribution in [0.4, 0.5) is 0 Å². The fourth-order valence-electron chi connectivity index (χ4n) is 2.73. The van der Waals surface area contributed by atoms with Crippen LogP contribution in [-0.4, -0.2) is 60.3 Å². The van der Waals surface area contributed by atoms with Crippen molar-refractivity contribution in [2.75, 3.05) is 27.2 Å². The van der Waals surface area contributed by atoms with Gasteiger partial charge in [-0.3, -0.25) is 14.4 Å². The number of amides is 1. The second-order valence-corrected chi connectivity index (χ2v) is 7.20. The molecule has 0 saturated heterocycles. The number of rotatable bonds is 8. The first-order chi connectivity index (χ1) is 11.5. The largest absolute Gasteiger partial charge is 0.380 e. The molecule has 0 fully saturated rings. The lowest BCUT2D eigenvalue weighted by atomic mass is 9.82. The monoisotopic (exact) mass is 350 g/mol. The van der Waals surface area contributed by atoms with Gasteiger partial charge in [-0.15, -0.1) is 0 Å². The SMILES string of the molecule is CC1=C(C)C(=O)C(CCC(C)(O)C(=O)NCCCN(C)C)=C(C)C1=O. The minimum Gasteiger partial charge on any atom is -0.380 e. The zero-order valence-electron chi connectivity index (χ0n) is 16.2. The van der Waals surface area contributed by atoms with E-state index in [1.165, 1.54) is 6.92 Å². The van der Waals surface area contributed by atoms with Gasteiger partial charge in [-0.1, -0.05) is 0 Å². The minimum absolute atomic E-state index is 0.0878. The third-order valence-corrected chi connectivity index (χ3v) is 4.73. The summed E-state index contributed by atoms with van der Waals surface area (Å²) in [7, 11) is 3.91. The molecule has 6 nitrogen and oxygen atoms in total. The van der Waals surface area contributed by atoms with Crippen molar-refractivity contribution < 1.29 is 19.5 Å². The summed E-state index contributed by atoms with van der Waals surface area (Å²) in [6.07, 6.45) is 1.07. The quantitative estimate of drug-likeness (QED) is 0.510. The number of Topliss-reactive ketones (excluding diaryl/α,β-unsaturated/α-hetero) is 2. The van der Waals surface area contributed by atoms with Crippen LogP contribution < -0.4 is 5.32 Å². The van der Waals surface area contributed by atoms with Gasteiger partial charge in [0.15, 0.2) is 11.6 Å². The van der Waals surface area contributed by atoms with Crippen LogP contribution in [-0.2, 0) is 14.4 Å². The van der Waals surface area contributed by atoms with Crippen molar-refractivity contribution in [2.24, 2.45) is 0 Å². The molecule has 25 heavy (non-hydrogen) atoms. The molecule has 0 saturated carbocycles. The van der Waals surface area contributed by atoms with Crippen molar-refractivity contribution >= 4 is 17.5 Å². The Morgan fingerprint density at radius 3 is 2.20 bits per heavy atom. The molecule has 0 aliphatic heterocycles. The second kappa shape index (κ2) is 8.54. The van der Waals surface area contributed by atoms with Crippen LogP contribution in [0, 0.1) is 0 Å². The van der Waals surface area contributed by atoms with Crippen molar-refractivity contribution in [3.63, 3.8) is 0 Å². The topological polar surface area (TPSA) is 86.7 Å². The number of hydrogen-bond acceptors (Lipinski definition) is 5. The predicted octanol–water partition coefficient (Wildman–Crippen LogP) is 1.39. The van der Waals surface area contributed by atoms with E-state index in [0.29, 0.717) is 28.8 Å². The summed E-state index contributed by atoms with van der Waals surface area (Å²) in [6.45, 7) is 7.67. The molecule has 2 N–H and O–H groups in total. The van der Waals surface area contributed by atoms with Crippen LogP contribution in [0.1, 0.15) is 47.0 Å². The highest BCUT2D eigenvalue weighted by Gasteiger charge is 2.33.